The van der Waals surface area contributed by atoms with E-state index in [1.54, 1.807) is 6.92 Å². The Labute approximate surface area is 155 Å². The van der Waals surface area contributed by atoms with Crippen molar-refractivity contribution in [1.82, 2.24) is 24.5 Å². The Balaban J connectivity index is 2.06. The van der Waals surface area contributed by atoms with Crippen molar-refractivity contribution in [2.75, 3.05) is 0 Å². The van der Waals surface area contributed by atoms with Gasteiger partial charge in [-0.05, 0) is 19.8 Å². The molecule has 0 unspecified atom stereocenters. The molecule has 13 heteroatoms. The lowest BCUT2D eigenvalue weighted by Crippen LogP contribution is -2.35. The van der Waals surface area contributed by atoms with Crippen molar-refractivity contribution in [1.29, 1.82) is 0 Å². The number of benzene rings is 1. The molecule has 1 aliphatic carbocycles. The van der Waals surface area contributed by atoms with Crippen molar-refractivity contribution in [2.24, 2.45) is 7.05 Å². The van der Waals surface area contributed by atoms with E-state index in [0.717, 1.165) is 10.6 Å². The number of H-pyrrole nitrogens is 1. The van der Waals surface area contributed by atoms with Gasteiger partial charge in [0.1, 0.15) is 10.7 Å². The summed E-state index contributed by atoms with van der Waals surface area (Å²) >= 11 is 0. The Kier molecular flexibility index (Phi) is 3.94. The molecule has 2 N–H and O–H groups in total. The molecule has 2 heterocycles. The number of imidazole rings is 1. The van der Waals surface area contributed by atoms with E-state index in [9.17, 15) is 26.4 Å². The van der Waals surface area contributed by atoms with E-state index in [4.69, 9.17) is 4.42 Å². The van der Waals surface area contributed by atoms with Gasteiger partial charge in [-0.2, -0.15) is 8.78 Å². The number of fused-ring (bicyclic) bond motifs is 1. The minimum absolute atomic E-state index is 0.00545. The summed E-state index contributed by atoms with van der Waals surface area (Å²) in [6.07, 6.45) is -1.99. The first-order chi connectivity index (χ1) is 13.0. The Morgan fingerprint density at radius 2 is 2.04 bits per heavy atom. The first-order valence-corrected chi connectivity index (χ1v) is 9.58. The number of rotatable bonds is 5. The summed E-state index contributed by atoms with van der Waals surface area (Å²) in [5, 5.41) is 6.60. The van der Waals surface area contributed by atoms with Crippen molar-refractivity contribution in [3.05, 3.63) is 28.3 Å². The first-order valence-electron chi connectivity index (χ1n) is 8.09. The largest absolute Gasteiger partial charge is 0.415 e. The predicted molar refractivity (Wildman–Crippen MR) is 89.7 cm³/mol. The van der Waals surface area contributed by atoms with Gasteiger partial charge in [0.05, 0.1) is 16.6 Å². The van der Waals surface area contributed by atoms with Crippen molar-refractivity contribution >= 4 is 21.1 Å². The topological polar surface area (TPSA) is 123 Å². The molecule has 150 valence electrons. The van der Waals surface area contributed by atoms with Crippen LogP contribution in [0.5, 0.6) is 0 Å². The fourth-order valence-corrected chi connectivity index (χ4v) is 4.59. The Bertz CT molecular complexity index is 1260. The summed E-state index contributed by atoms with van der Waals surface area (Å²) in [5.74, 6) is -2.90. The Hall–Kier alpha value is -2.67. The minimum Gasteiger partial charge on any atom is -0.415 e. The highest BCUT2D eigenvalue weighted by Gasteiger charge is 2.43. The molecule has 0 amide bonds. The minimum atomic E-state index is -4.44. The van der Waals surface area contributed by atoms with Gasteiger partial charge < -0.3 is 9.40 Å². The van der Waals surface area contributed by atoms with Gasteiger partial charge in [-0.15, -0.1) is 10.2 Å². The van der Waals surface area contributed by atoms with Crippen LogP contribution < -0.4 is 10.4 Å². The fourth-order valence-electron chi connectivity index (χ4n) is 2.87. The van der Waals surface area contributed by atoms with Gasteiger partial charge in [0.2, 0.25) is 10.0 Å². The average molecular weight is 417 g/mol. The number of nitrogens with one attached hydrogen (secondary N) is 2. The van der Waals surface area contributed by atoms with E-state index >= 15 is 0 Å². The standard InChI is InChI=1S/C15H14F3N5O4S/c1-15(3-4-15)22-28(25,26)10-6(16)5-7-9(19-14(24)23(7)2)8(10)12-20-21-13(27-12)11(17)18/h5,11,22H,3-4H2,1-2H3,(H,19,24). The molecular formula is C15H14F3N5O4S. The molecule has 28 heavy (non-hydrogen) atoms. The molecule has 1 aliphatic rings. The lowest BCUT2D eigenvalue weighted by molar-refractivity contribution is 0.116. The number of halogens is 3. The van der Waals surface area contributed by atoms with Crippen LogP contribution in [0.4, 0.5) is 13.2 Å². The van der Waals surface area contributed by atoms with Crippen LogP contribution in [-0.4, -0.2) is 33.7 Å². The normalized spacial score (nSPS) is 16.2. The monoisotopic (exact) mass is 417 g/mol. The van der Waals surface area contributed by atoms with Crippen LogP contribution in [0.25, 0.3) is 22.5 Å². The summed E-state index contributed by atoms with van der Waals surface area (Å²) < 4.78 is 74.7. The van der Waals surface area contributed by atoms with Crippen LogP contribution in [0.3, 0.4) is 0 Å². The van der Waals surface area contributed by atoms with Crippen molar-refractivity contribution < 1.29 is 26.0 Å². The zero-order valence-electron chi connectivity index (χ0n) is 14.6. The van der Waals surface area contributed by atoms with E-state index in [0.29, 0.717) is 12.8 Å². The second kappa shape index (κ2) is 5.91. The lowest BCUT2D eigenvalue weighted by atomic mass is 10.1. The van der Waals surface area contributed by atoms with Crippen molar-refractivity contribution in [3.8, 4) is 11.5 Å². The number of aryl methyl sites for hydroxylation is 1. The van der Waals surface area contributed by atoms with Crippen LogP contribution in [0.15, 0.2) is 20.2 Å². The number of hydrogen-bond acceptors (Lipinski definition) is 6. The van der Waals surface area contributed by atoms with Gasteiger partial charge in [0, 0.05) is 18.7 Å². The molecule has 4 rings (SSSR count). The summed E-state index contributed by atoms with van der Waals surface area (Å²) in [6.45, 7) is 1.65. The Morgan fingerprint density at radius 1 is 1.36 bits per heavy atom. The van der Waals surface area contributed by atoms with Gasteiger partial charge in [0.15, 0.2) is 0 Å². The van der Waals surface area contributed by atoms with E-state index in [-0.39, 0.29) is 11.0 Å². The van der Waals surface area contributed by atoms with E-state index in [1.807, 2.05) is 0 Å². The molecule has 0 radical (unpaired) electrons. The zero-order valence-corrected chi connectivity index (χ0v) is 15.4. The number of aromatic amines is 1. The van der Waals surface area contributed by atoms with E-state index < -0.39 is 55.7 Å². The molecule has 3 aromatic rings. The van der Waals surface area contributed by atoms with Crippen LogP contribution in [0.1, 0.15) is 32.1 Å². The molecule has 1 saturated carbocycles. The molecule has 1 fully saturated rings. The molecule has 0 aliphatic heterocycles. The van der Waals surface area contributed by atoms with Gasteiger partial charge in [0.25, 0.3) is 11.8 Å². The number of aromatic nitrogens is 4. The highest BCUT2D eigenvalue weighted by molar-refractivity contribution is 7.89. The van der Waals surface area contributed by atoms with Gasteiger partial charge >= 0.3 is 12.1 Å². The third-order valence-corrected chi connectivity index (χ3v) is 6.30. The van der Waals surface area contributed by atoms with Gasteiger partial charge in [-0.1, -0.05) is 0 Å². The quantitative estimate of drug-likeness (QED) is 0.653. The molecule has 0 bridgehead atoms. The molecule has 0 saturated heterocycles. The van der Waals surface area contributed by atoms with Crippen molar-refractivity contribution in [2.45, 2.75) is 36.6 Å². The first kappa shape index (κ1) is 18.7. The predicted octanol–water partition coefficient (Wildman–Crippen LogP) is 1.82. The second-order valence-corrected chi connectivity index (χ2v) is 8.48. The highest BCUT2D eigenvalue weighted by atomic mass is 32.2. The highest BCUT2D eigenvalue weighted by Crippen LogP contribution is 2.40. The van der Waals surface area contributed by atoms with Gasteiger partial charge in [-0.3, -0.25) is 4.57 Å². The molecular weight excluding hydrogens is 403 g/mol. The second-order valence-electron chi connectivity index (χ2n) is 6.86. The summed E-state index contributed by atoms with van der Waals surface area (Å²) in [4.78, 5) is 13.5. The number of hydrogen-bond donors (Lipinski definition) is 2. The maximum absolute atomic E-state index is 14.9. The van der Waals surface area contributed by atoms with Crippen molar-refractivity contribution in [3.63, 3.8) is 0 Å². The SMILES string of the molecule is Cn1c(=O)[nH]c2c(-c3nnc(C(F)F)o3)c(S(=O)(=O)NC3(C)CC3)c(F)cc21. The van der Waals surface area contributed by atoms with Crippen LogP contribution in [0, 0.1) is 5.82 Å². The molecule has 0 atom stereocenters. The molecule has 1 aromatic carbocycles. The van der Waals surface area contributed by atoms with Crippen LogP contribution >= 0.6 is 0 Å². The summed E-state index contributed by atoms with van der Waals surface area (Å²) in [7, 11) is -3.11. The number of nitrogens with zero attached hydrogens (tertiary/aromatic N) is 3. The molecule has 9 nitrogen and oxygen atoms in total. The number of sulfonamides is 1. The van der Waals surface area contributed by atoms with Gasteiger partial charge in [-0.25, -0.2) is 22.3 Å². The lowest BCUT2D eigenvalue weighted by Gasteiger charge is -2.15. The smallest absolute Gasteiger partial charge is 0.326 e. The zero-order chi connectivity index (χ0) is 20.4. The van der Waals surface area contributed by atoms with Crippen LogP contribution in [-0.2, 0) is 17.1 Å². The van der Waals surface area contributed by atoms with Crippen LogP contribution in [0.2, 0.25) is 0 Å². The Morgan fingerprint density at radius 3 is 2.61 bits per heavy atom. The van der Waals surface area contributed by atoms with E-state index in [1.165, 1.54) is 7.05 Å². The number of alkyl halides is 2. The third kappa shape index (κ3) is 2.90. The fraction of sp³-hybridized carbons (Fsp3) is 0.400. The molecule has 0 spiro atoms. The maximum atomic E-state index is 14.9. The third-order valence-electron chi connectivity index (χ3n) is 4.60. The summed E-state index contributed by atoms with van der Waals surface area (Å²) in [6, 6.07) is 0.866. The maximum Gasteiger partial charge on any atom is 0.326 e. The molecule has 2 aromatic heterocycles. The summed E-state index contributed by atoms with van der Waals surface area (Å²) in [5.41, 5.74) is -2.00. The average Bonchev–Trinajstić information content (AvgIpc) is 3.02. The van der Waals surface area contributed by atoms with E-state index in [2.05, 4.69) is 19.9 Å².